The highest BCUT2D eigenvalue weighted by Gasteiger charge is 2.46. The summed E-state index contributed by atoms with van der Waals surface area (Å²) >= 11 is 7.11. The van der Waals surface area contributed by atoms with Gasteiger partial charge in [-0.25, -0.2) is 19.9 Å². The number of halogens is 2. The van der Waals surface area contributed by atoms with E-state index in [4.69, 9.17) is 0 Å². The van der Waals surface area contributed by atoms with Gasteiger partial charge in [0, 0.05) is 85.8 Å². The Morgan fingerprint density at radius 2 is 1.13 bits per heavy atom. The predicted octanol–water partition coefficient (Wildman–Crippen LogP) is 13.0. The summed E-state index contributed by atoms with van der Waals surface area (Å²) in [4.78, 5) is 26.3. The van der Waals surface area contributed by atoms with E-state index < -0.39 is 8.24 Å². The van der Waals surface area contributed by atoms with Crippen LogP contribution in [-0.4, -0.2) is 47.4 Å². The van der Waals surface area contributed by atoms with E-state index in [0.29, 0.717) is 16.6 Å². The zero-order valence-corrected chi connectivity index (χ0v) is 36.1. The van der Waals surface area contributed by atoms with Crippen molar-refractivity contribution in [1.29, 1.82) is 0 Å². The van der Waals surface area contributed by atoms with E-state index in [9.17, 15) is 0 Å². The number of H-pyrrole nitrogens is 3. The first-order chi connectivity index (χ1) is 26.6. The molecule has 0 spiro atoms. The number of nitrogens with zero attached hydrogens (tertiary/aromatic N) is 5. The number of aromatic nitrogens is 8. The van der Waals surface area contributed by atoms with Gasteiger partial charge in [-0.05, 0) is 115 Å². The standard InChI is InChI=1S/C16H25BrN2Si.C13H11N3.C7H5BrN2.C7H6N2/c1-11(2)20(12(3)4,13(5)6)19-10-15(17)14-8-7-9-18-16(14)19;1-2-5-10(6-3-1)16-12-9-15-13-11(12)7-4-8-14-13;8-6-4-10-7-5(6)2-1-3-9-7;1-2-6-3-5-9-7(6)8-4-1/h7-13H,1-6H3;1-9,16H,(H,14,15);1-4H,(H,9,10);1-5H,(H,8,9). The van der Waals surface area contributed by atoms with E-state index >= 15 is 0 Å². The van der Waals surface area contributed by atoms with Crippen molar-refractivity contribution in [3.63, 3.8) is 0 Å². The van der Waals surface area contributed by atoms with Crippen molar-refractivity contribution >= 4 is 95.6 Å². The number of anilines is 2. The van der Waals surface area contributed by atoms with Gasteiger partial charge in [-0.1, -0.05) is 59.7 Å². The molecule has 0 bridgehead atoms. The van der Waals surface area contributed by atoms with E-state index in [1.807, 2.05) is 104 Å². The Morgan fingerprint density at radius 1 is 0.564 bits per heavy atom. The third-order valence-corrected chi connectivity index (χ3v) is 17.9. The molecule has 0 saturated carbocycles. The van der Waals surface area contributed by atoms with Crippen molar-refractivity contribution in [3.8, 4) is 0 Å². The van der Waals surface area contributed by atoms with Crippen LogP contribution < -0.4 is 5.32 Å². The second-order valence-electron chi connectivity index (χ2n) is 14.1. The maximum absolute atomic E-state index is 4.68. The highest BCUT2D eigenvalue weighted by Crippen LogP contribution is 2.45. The average molecular weight is 878 g/mol. The summed E-state index contributed by atoms with van der Waals surface area (Å²) < 4.78 is 4.78. The first-order valence-electron chi connectivity index (χ1n) is 18.4. The molecule has 0 radical (unpaired) electrons. The summed E-state index contributed by atoms with van der Waals surface area (Å²) in [5, 5.41) is 7.98. The van der Waals surface area contributed by atoms with Crippen LogP contribution in [0.5, 0.6) is 0 Å². The van der Waals surface area contributed by atoms with Crippen molar-refractivity contribution in [2.45, 2.75) is 58.2 Å². The lowest BCUT2D eigenvalue weighted by Crippen LogP contribution is -2.51. The number of aromatic amines is 3. The number of benzene rings is 1. The van der Waals surface area contributed by atoms with Gasteiger partial charge < -0.3 is 24.5 Å². The summed E-state index contributed by atoms with van der Waals surface area (Å²) in [5.74, 6) is 0. The van der Waals surface area contributed by atoms with Gasteiger partial charge in [0.2, 0.25) is 0 Å². The summed E-state index contributed by atoms with van der Waals surface area (Å²) in [7, 11) is -1.72. The minimum absolute atomic E-state index is 0.673. The molecule has 4 N–H and O–H groups in total. The molecule has 282 valence electrons. The summed E-state index contributed by atoms with van der Waals surface area (Å²) in [6.07, 6.45) is 15.2. The van der Waals surface area contributed by atoms with Crippen LogP contribution in [0, 0.1) is 0 Å². The monoisotopic (exact) mass is 875 g/mol. The fourth-order valence-corrected chi connectivity index (χ4v) is 15.4. The SMILES string of the molecule is Brc1c[nH]c2ncccc12.CC(C)[Si](C(C)C)(C(C)C)n1cc(Br)c2cccnc21.c1ccc(Nc2c[nH]c3ncccc23)cc1.c1cnc2[nH]ccc2c1. The second-order valence-corrected chi connectivity index (χ2v) is 21.6. The van der Waals surface area contributed by atoms with E-state index in [2.05, 4.69) is 130 Å². The van der Waals surface area contributed by atoms with E-state index in [0.717, 1.165) is 54.6 Å². The number of fused-ring (bicyclic) bond motifs is 4. The van der Waals surface area contributed by atoms with Gasteiger partial charge in [0.15, 0.2) is 8.24 Å². The van der Waals surface area contributed by atoms with Gasteiger partial charge >= 0.3 is 0 Å². The van der Waals surface area contributed by atoms with Crippen molar-refractivity contribution in [2.24, 2.45) is 0 Å². The topological polar surface area (TPSA) is 116 Å². The molecule has 9 aromatic rings. The molecule has 0 aliphatic rings. The molecular weight excluding hydrogens is 830 g/mol. The Bertz CT molecular complexity index is 2520. The molecule has 0 unspecified atom stereocenters. The number of nitrogens with one attached hydrogen (secondary N) is 4. The van der Waals surface area contributed by atoms with Crippen LogP contribution >= 0.6 is 31.9 Å². The highest BCUT2D eigenvalue weighted by atomic mass is 79.9. The van der Waals surface area contributed by atoms with E-state index in [-0.39, 0.29) is 0 Å². The second kappa shape index (κ2) is 18.1. The smallest absolute Gasteiger partial charge is 0.171 e. The van der Waals surface area contributed by atoms with Gasteiger partial charge in [-0.15, -0.1) is 0 Å². The average Bonchev–Trinajstić information content (AvgIpc) is 4.00. The third-order valence-electron chi connectivity index (χ3n) is 9.93. The molecule has 8 aromatic heterocycles. The number of hydrogen-bond acceptors (Lipinski definition) is 5. The molecule has 12 heteroatoms. The van der Waals surface area contributed by atoms with Crippen LogP contribution in [0.4, 0.5) is 11.4 Å². The molecule has 9 nitrogen and oxygen atoms in total. The van der Waals surface area contributed by atoms with Crippen LogP contribution in [0.1, 0.15) is 41.5 Å². The van der Waals surface area contributed by atoms with Crippen molar-refractivity contribution in [3.05, 3.63) is 143 Å². The maximum Gasteiger partial charge on any atom is 0.171 e. The third kappa shape index (κ3) is 8.77. The molecule has 0 saturated heterocycles. The van der Waals surface area contributed by atoms with E-state index in [1.165, 1.54) is 9.86 Å². The molecule has 0 aliphatic heterocycles. The Kier molecular flexibility index (Phi) is 13.0. The van der Waals surface area contributed by atoms with Crippen molar-refractivity contribution in [1.82, 2.24) is 39.1 Å². The predicted molar refractivity (Wildman–Crippen MR) is 240 cm³/mol. The zero-order valence-electron chi connectivity index (χ0n) is 31.9. The number of hydrogen-bond donors (Lipinski definition) is 4. The molecular formula is C43H47Br2N9Si. The van der Waals surface area contributed by atoms with Crippen LogP contribution in [0.25, 0.3) is 44.1 Å². The van der Waals surface area contributed by atoms with Crippen LogP contribution in [0.3, 0.4) is 0 Å². The minimum Gasteiger partial charge on any atom is -0.357 e. The first kappa shape index (κ1) is 39.6. The number of para-hydroxylation sites is 1. The summed E-state index contributed by atoms with van der Waals surface area (Å²) in [6.45, 7) is 14.3. The fourth-order valence-electron chi connectivity index (χ4n) is 7.69. The van der Waals surface area contributed by atoms with Gasteiger partial charge in [0.25, 0.3) is 0 Å². The quantitative estimate of drug-likeness (QED) is 0.124. The van der Waals surface area contributed by atoms with Crippen molar-refractivity contribution in [2.75, 3.05) is 5.32 Å². The molecule has 0 fully saturated rings. The zero-order chi connectivity index (χ0) is 39.0. The summed E-state index contributed by atoms with van der Waals surface area (Å²) in [5.41, 5.74) is 8.07. The molecule has 0 aliphatic carbocycles. The van der Waals surface area contributed by atoms with Gasteiger partial charge in [-0.2, -0.15) is 0 Å². The van der Waals surface area contributed by atoms with Gasteiger partial charge in [0.05, 0.1) is 5.69 Å². The molecule has 8 heterocycles. The lowest BCUT2D eigenvalue weighted by Gasteiger charge is -2.44. The van der Waals surface area contributed by atoms with E-state index in [1.54, 1.807) is 18.6 Å². The Labute approximate surface area is 339 Å². The maximum atomic E-state index is 4.68. The Balaban J connectivity index is 0.000000131. The Morgan fingerprint density at radius 3 is 1.76 bits per heavy atom. The van der Waals surface area contributed by atoms with Gasteiger partial charge in [0.1, 0.15) is 22.6 Å². The number of pyridine rings is 4. The normalized spacial score (nSPS) is 11.4. The molecule has 1 aromatic carbocycles. The summed E-state index contributed by atoms with van der Waals surface area (Å²) in [6, 6.07) is 28.1. The molecule has 0 amide bonds. The van der Waals surface area contributed by atoms with Crippen LogP contribution in [-0.2, 0) is 0 Å². The molecule has 55 heavy (non-hydrogen) atoms. The number of rotatable bonds is 6. The van der Waals surface area contributed by atoms with Crippen LogP contribution in [0.15, 0.2) is 143 Å². The minimum atomic E-state index is -1.72. The molecule has 9 rings (SSSR count). The molecule has 0 atom stereocenters. The Hall–Kier alpha value is -5.04. The lowest BCUT2D eigenvalue weighted by molar-refractivity contribution is 0.770. The van der Waals surface area contributed by atoms with Crippen molar-refractivity contribution < 1.29 is 0 Å². The highest BCUT2D eigenvalue weighted by molar-refractivity contribution is 9.11. The lowest BCUT2D eigenvalue weighted by atomic mass is 10.2. The van der Waals surface area contributed by atoms with Gasteiger partial charge in [-0.3, -0.25) is 0 Å². The van der Waals surface area contributed by atoms with Crippen LogP contribution in [0.2, 0.25) is 16.6 Å². The first-order valence-corrected chi connectivity index (χ1v) is 22.2. The fraction of sp³-hybridized carbons (Fsp3) is 0.209. The largest absolute Gasteiger partial charge is 0.357 e.